The Labute approximate surface area is 82.4 Å². The molecule has 0 saturated heterocycles. The van der Waals surface area contributed by atoms with E-state index >= 15 is 0 Å². The number of hydrogen-bond acceptors (Lipinski definition) is 3. The van der Waals surface area contributed by atoms with Crippen LogP contribution in [0.5, 0.6) is 0 Å². The Morgan fingerprint density at radius 1 is 1.54 bits per heavy atom. The Hall–Kier alpha value is -1.06. The molecule has 0 spiro atoms. The second kappa shape index (κ2) is 4.84. The Balaban J connectivity index is 2.81. The van der Waals surface area contributed by atoms with Crippen LogP contribution >= 0.6 is 11.6 Å². The monoisotopic (exact) mass is 197 g/mol. The summed E-state index contributed by atoms with van der Waals surface area (Å²) >= 11 is 5.75. The summed E-state index contributed by atoms with van der Waals surface area (Å²) in [5.74, 6) is 0.484. The maximum absolute atomic E-state index is 5.75. The van der Waals surface area contributed by atoms with Crippen LogP contribution in [-0.2, 0) is 0 Å². The minimum atomic E-state index is 0.484. The molecular weight excluding hydrogens is 186 g/mol. The number of rotatable bonds is 3. The minimum absolute atomic E-state index is 0.484. The Bertz CT molecular complexity index is 310. The molecule has 0 atom stereocenters. The van der Waals surface area contributed by atoms with Crippen LogP contribution in [0.25, 0.3) is 6.08 Å². The molecule has 4 heteroatoms. The lowest BCUT2D eigenvalue weighted by molar-refractivity contribution is 1.01. The van der Waals surface area contributed by atoms with Crippen molar-refractivity contribution in [2.75, 3.05) is 12.3 Å². The van der Waals surface area contributed by atoms with E-state index in [1.54, 1.807) is 6.07 Å². The quantitative estimate of drug-likeness (QED) is 0.775. The molecular formula is C9H12ClN3. The number of hydrogen-bond donors (Lipinski definition) is 2. The average molecular weight is 198 g/mol. The van der Waals surface area contributed by atoms with Crippen LogP contribution in [0, 0.1) is 0 Å². The van der Waals surface area contributed by atoms with Gasteiger partial charge >= 0.3 is 0 Å². The molecule has 0 aliphatic rings. The van der Waals surface area contributed by atoms with Crippen molar-refractivity contribution < 1.29 is 0 Å². The molecule has 4 N–H and O–H groups in total. The largest absolute Gasteiger partial charge is 0.383 e. The van der Waals surface area contributed by atoms with E-state index in [1.807, 2.05) is 12.2 Å². The zero-order chi connectivity index (χ0) is 9.68. The van der Waals surface area contributed by atoms with Gasteiger partial charge in [0.2, 0.25) is 0 Å². The third-order valence-electron chi connectivity index (χ3n) is 1.55. The fourth-order valence-corrected chi connectivity index (χ4v) is 1.07. The smallest absolute Gasteiger partial charge is 0.130 e. The number of pyridine rings is 1. The summed E-state index contributed by atoms with van der Waals surface area (Å²) in [5, 5.41) is 0.585. The van der Waals surface area contributed by atoms with Gasteiger partial charge < -0.3 is 11.5 Å². The van der Waals surface area contributed by atoms with Gasteiger partial charge in [-0.1, -0.05) is 23.8 Å². The van der Waals surface area contributed by atoms with Gasteiger partial charge in [-0.25, -0.2) is 4.98 Å². The van der Waals surface area contributed by atoms with Gasteiger partial charge in [0.05, 0.1) is 5.02 Å². The molecule has 1 rings (SSSR count). The summed E-state index contributed by atoms with van der Waals surface area (Å²) in [7, 11) is 0. The average Bonchev–Trinajstić information content (AvgIpc) is 2.11. The molecule has 0 radical (unpaired) electrons. The lowest BCUT2D eigenvalue weighted by Crippen LogP contribution is -1.96. The first-order valence-corrected chi connectivity index (χ1v) is 4.39. The second-order valence-corrected chi connectivity index (χ2v) is 3.04. The van der Waals surface area contributed by atoms with Gasteiger partial charge in [0.1, 0.15) is 5.82 Å². The highest BCUT2D eigenvalue weighted by atomic mass is 35.5. The first-order chi connectivity index (χ1) is 6.24. The van der Waals surface area contributed by atoms with E-state index in [0.717, 1.165) is 12.0 Å². The number of nitrogen functional groups attached to an aromatic ring is 1. The highest BCUT2D eigenvalue weighted by Gasteiger charge is 1.96. The maximum atomic E-state index is 5.75. The molecule has 0 fully saturated rings. The standard InChI is InChI=1S/C9H12ClN3/c10-8-5-7(3-1-2-4-11)9(12)13-6-8/h1,3,5-6H,2,4,11H2,(H2,12,13). The fraction of sp³-hybridized carbons (Fsp3) is 0.222. The van der Waals surface area contributed by atoms with Crippen molar-refractivity contribution in [2.45, 2.75) is 6.42 Å². The highest BCUT2D eigenvalue weighted by Crippen LogP contribution is 2.16. The molecule has 0 saturated carbocycles. The SMILES string of the molecule is NCCC=Cc1cc(Cl)cnc1N. The topological polar surface area (TPSA) is 64.9 Å². The van der Waals surface area contributed by atoms with Crippen LogP contribution in [0.15, 0.2) is 18.3 Å². The minimum Gasteiger partial charge on any atom is -0.383 e. The lowest BCUT2D eigenvalue weighted by Gasteiger charge is -1.98. The second-order valence-electron chi connectivity index (χ2n) is 2.61. The van der Waals surface area contributed by atoms with Crippen molar-refractivity contribution in [3.05, 3.63) is 28.9 Å². The zero-order valence-corrected chi connectivity index (χ0v) is 7.96. The van der Waals surface area contributed by atoms with Crippen LogP contribution < -0.4 is 11.5 Å². The summed E-state index contributed by atoms with van der Waals surface area (Å²) in [6.07, 6.45) is 6.17. The zero-order valence-electron chi connectivity index (χ0n) is 7.20. The van der Waals surface area contributed by atoms with Crippen LogP contribution in [0.1, 0.15) is 12.0 Å². The fourth-order valence-electron chi connectivity index (χ4n) is 0.906. The summed E-state index contributed by atoms with van der Waals surface area (Å²) < 4.78 is 0. The lowest BCUT2D eigenvalue weighted by atomic mass is 10.2. The molecule has 1 aromatic heterocycles. The van der Waals surface area contributed by atoms with Crippen molar-refractivity contribution >= 4 is 23.5 Å². The number of nitrogens with zero attached hydrogens (tertiary/aromatic N) is 1. The molecule has 0 unspecified atom stereocenters. The van der Waals surface area contributed by atoms with Crippen LogP contribution in [0.4, 0.5) is 5.82 Å². The molecule has 70 valence electrons. The summed E-state index contributed by atoms with van der Waals surface area (Å²) in [5.41, 5.74) is 11.8. The molecule has 1 heterocycles. The van der Waals surface area contributed by atoms with Gasteiger partial charge in [0.15, 0.2) is 0 Å². The molecule has 3 nitrogen and oxygen atoms in total. The molecule has 0 amide bonds. The highest BCUT2D eigenvalue weighted by molar-refractivity contribution is 6.30. The Morgan fingerprint density at radius 2 is 2.31 bits per heavy atom. The van der Waals surface area contributed by atoms with Crippen LogP contribution in [-0.4, -0.2) is 11.5 Å². The molecule has 0 aromatic carbocycles. The van der Waals surface area contributed by atoms with E-state index in [1.165, 1.54) is 6.20 Å². The normalized spacial score (nSPS) is 10.9. The number of nitrogens with two attached hydrogens (primary N) is 2. The van der Waals surface area contributed by atoms with E-state index in [4.69, 9.17) is 23.1 Å². The predicted molar refractivity (Wildman–Crippen MR) is 56.4 cm³/mol. The van der Waals surface area contributed by atoms with Crippen molar-refractivity contribution in [1.82, 2.24) is 4.98 Å². The number of aromatic nitrogens is 1. The van der Waals surface area contributed by atoms with Gasteiger partial charge in [-0.2, -0.15) is 0 Å². The van der Waals surface area contributed by atoms with Crippen molar-refractivity contribution in [1.29, 1.82) is 0 Å². The van der Waals surface area contributed by atoms with E-state index < -0.39 is 0 Å². The Morgan fingerprint density at radius 3 is 3.00 bits per heavy atom. The van der Waals surface area contributed by atoms with E-state index in [-0.39, 0.29) is 0 Å². The first-order valence-electron chi connectivity index (χ1n) is 4.01. The predicted octanol–water partition coefficient (Wildman–Crippen LogP) is 1.68. The molecule has 0 aliphatic heterocycles. The van der Waals surface area contributed by atoms with Gasteiger partial charge in [-0.3, -0.25) is 0 Å². The van der Waals surface area contributed by atoms with Gasteiger partial charge in [-0.15, -0.1) is 0 Å². The van der Waals surface area contributed by atoms with Gasteiger partial charge in [0.25, 0.3) is 0 Å². The van der Waals surface area contributed by atoms with Crippen molar-refractivity contribution in [2.24, 2.45) is 5.73 Å². The third kappa shape index (κ3) is 3.05. The van der Waals surface area contributed by atoms with Crippen LogP contribution in [0.3, 0.4) is 0 Å². The Kier molecular flexibility index (Phi) is 3.73. The first kappa shape index (κ1) is 10.0. The molecule has 0 bridgehead atoms. The molecule has 13 heavy (non-hydrogen) atoms. The van der Waals surface area contributed by atoms with E-state index in [2.05, 4.69) is 4.98 Å². The van der Waals surface area contributed by atoms with Crippen molar-refractivity contribution in [3.8, 4) is 0 Å². The molecule has 0 aliphatic carbocycles. The summed E-state index contributed by atoms with van der Waals surface area (Å²) in [6.45, 7) is 0.629. The maximum Gasteiger partial charge on any atom is 0.130 e. The summed E-state index contributed by atoms with van der Waals surface area (Å²) in [4.78, 5) is 3.92. The number of halogens is 1. The molecule has 1 aromatic rings. The van der Waals surface area contributed by atoms with Crippen LogP contribution in [0.2, 0.25) is 5.02 Å². The van der Waals surface area contributed by atoms with E-state index in [0.29, 0.717) is 17.4 Å². The van der Waals surface area contributed by atoms with Gasteiger partial charge in [-0.05, 0) is 19.0 Å². The summed E-state index contributed by atoms with van der Waals surface area (Å²) in [6, 6.07) is 1.77. The van der Waals surface area contributed by atoms with E-state index in [9.17, 15) is 0 Å². The van der Waals surface area contributed by atoms with Gasteiger partial charge in [0, 0.05) is 11.8 Å². The third-order valence-corrected chi connectivity index (χ3v) is 1.75. The van der Waals surface area contributed by atoms with Crippen molar-refractivity contribution in [3.63, 3.8) is 0 Å². The number of anilines is 1.